The molecule has 0 radical (unpaired) electrons. The first-order chi connectivity index (χ1) is 18.5. The van der Waals surface area contributed by atoms with Crippen LogP contribution < -0.4 is 17.3 Å². The number of nitrogens with two attached hydrogens (primary N) is 3. The topological polar surface area (TPSA) is 183 Å². The molecule has 0 aromatic heterocycles. The number of hydrogen-bond acceptors (Lipinski definition) is 13. The van der Waals surface area contributed by atoms with Gasteiger partial charge in [-0.15, -0.1) is 0 Å². The van der Waals surface area contributed by atoms with Gasteiger partial charge >= 0.3 is 0 Å². The molecule has 14 heteroatoms. The van der Waals surface area contributed by atoms with Crippen molar-refractivity contribution in [1.29, 1.82) is 0 Å². The first-order valence-corrected chi connectivity index (χ1v) is 12.6. The summed E-state index contributed by atoms with van der Waals surface area (Å²) in [6.07, 6.45) is 4.35. The lowest BCUT2D eigenvalue weighted by Crippen LogP contribution is -2.34. The number of hydrogen-bond donors (Lipinski definition) is 3. The number of hydrazine groups is 1. The summed E-state index contributed by atoms with van der Waals surface area (Å²) in [4.78, 5) is 23.3. The van der Waals surface area contributed by atoms with E-state index in [4.69, 9.17) is 50.5 Å². The SMILES string of the molecule is CN(C/C(N)=C/N(N)CCOCCOCCOCCOCCOCCOCCOCCN)C(=O)/C=C\C=O. The van der Waals surface area contributed by atoms with E-state index in [2.05, 4.69) is 0 Å². The van der Waals surface area contributed by atoms with Gasteiger partial charge in [-0.2, -0.15) is 0 Å². The van der Waals surface area contributed by atoms with Gasteiger partial charge in [-0.05, 0) is 6.08 Å². The van der Waals surface area contributed by atoms with E-state index < -0.39 is 0 Å². The van der Waals surface area contributed by atoms with Crippen molar-refractivity contribution in [3.8, 4) is 0 Å². The molecule has 0 heterocycles. The van der Waals surface area contributed by atoms with Gasteiger partial charge < -0.3 is 54.5 Å². The number of likely N-dealkylation sites (N-methyl/N-ethyl adjacent to an activating group) is 1. The molecule has 38 heavy (non-hydrogen) atoms. The minimum absolute atomic E-state index is 0.177. The van der Waals surface area contributed by atoms with Crippen LogP contribution >= 0.6 is 0 Å². The molecule has 6 N–H and O–H groups in total. The van der Waals surface area contributed by atoms with Crippen LogP contribution in [-0.2, 0) is 42.7 Å². The highest BCUT2D eigenvalue weighted by atomic mass is 16.6. The van der Waals surface area contributed by atoms with Gasteiger partial charge in [0.05, 0.1) is 106 Å². The molecule has 0 aliphatic rings. The van der Waals surface area contributed by atoms with Gasteiger partial charge in [-0.25, -0.2) is 5.84 Å². The average molecular weight is 550 g/mol. The smallest absolute Gasteiger partial charge is 0.246 e. The summed E-state index contributed by atoms with van der Waals surface area (Å²) < 4.78 is 37.7. The maximum Gasteiger partial charge on any atom is 0.246 e. The molecule has 0 bridgehead atoms. The van der Waals surface area contributed by atoms with Gasteiger partial charge in [0.1, 0.15) is 6.29 Å². The molecular weight excluding hydrogens is 502 g/mol. The maximum atomic E-state index is 11.7. The predicted molar refractivity (Wildman–Crippen MR) is 141 cm³/mol. The summed E-state index contributed by atoms with van der Waals surface area (Å²) >= 11 is 0. The van der Waals surface area contributed by atoms with Crippen molar-refractivity contribution < 1.29 is 42.7 Å². The fourth-order valence-electron chi connectivity index (χ4n) is 2.59. The lowest BCUT2D eigenvalue weighted by atomic mass is 10.4. The number of amides is 1. The van der Waals surface area contributed by atoms with Crippen LogP contribution in [0.25, 0.3) is 0 Å². The fourth-order valence-corrected chi connectivity index (χ4v) is 2.59. The Morgan fingerprint density at radius 1 is 0.711 bits per heavy atom. The van der Waals surface area contributed by atoms with Crippen LogP contribution in [0, 0.1) is 0 Å². The summed E-state index contributed by atoms with van der Waals surface area (Å²) in [5.41, 5.74) is 11.6. The molecule has 0 saturated heterocycles. The predicted octanol–water partition coefficient (Wildman–Crippen LogP) is -1.75. The molecule has 0 fully saturated rings. The van der Waals surface area contributed by atoms with E-state index in [9.17, 15) is 9.59 Å². The highest BCUT2D eigenvalue weighted by Crippen LogP contribution is 1.94. The Balaban J connectivity index is 3.40. The van der Waals surface area contributed by atoms with Crippen molar-refractivity contribution in [3.05, 3.63) is 24.0 Å². The Morgan fingerprint density at radius 2 is 1.11 bits per heavy atom. The highest BCUT2D eigenvalue weighted by molar-refractivity contribution is 5.90. The maximum absolute atomic E-state index is 11.7. The van der Waals surface area contributed by atoms with Crippen molar-refractivity contribution in [1.82, 2.24) is 9.91 Å². The van der Waals surface area contributed by atoms with E-state index in [1.54, 1.807) is 7.05 Å². The number of carbonyl (C=O) groups is 2. The number of carbonyl (C=O) groups excluding carboxylic acids is 2. The van der Waals surface area contributed by atoms with Gasteiger partial charge in [0.2, 0.25) is 5.91 Å². The van der Waals surface area contributed by atoms with Crippen LogP contribution in [0.5, 0.6) is 0 Å². The van der Waals surface area contributed by atoms with E-state index in [1.807, 2.05) is 0 Å². The average Bonchev–Trinajstić information content (AvgIpc) is 2.89. The first kappa shape index (κ1) is 35.9. The number of rotatable bonds is 28. The summed E-state index contributed by atoms with van der Waals surface area (Å²) in [7, 11) is 1.57. The Hall–Kier alpha value is -2.14. The third kappa shape index (κ3) is 25.5. The summed E-state index contributed by atoms with van der Waals surface area (Å²) in [6, 6.07) is 0. The molecular formula is C24H47N5O9. The van der Waals surface area contributed by atoms with Crippen LogP contribution in [-0.4, -0.2) is 141 Å². The normalized spacial score (nSPS) is 11.8. The van der Waals surface area contributed by atoms with Crippen molar-refractivity contribution in [2.24, 2.45) is 17.3 Å². The van der Waals surface area contributed by atoms with Gasteiger partial charge in [-0.1, -0.05) is 0 Å². The molecule has 1 amide bonds. The van der Waals surface area contributed by atoms with E-state index in [0.717, 1.165) is 6.08 Å². The minimum atomic E-state index is -0.334. The number of ether oxygens (including phenoxy) is 7. The molecule has 0 rings (SSSR count). The van der Waals surface area contributed by atoms with Gasteiger partial charge in [-0.3, -0.25) is 9.59 Å². The lowest BCUT2D eigenvalue weighted by Gasteiger charge is -2.18. The largest absolute Gasteiger partial charge is 0.399 e. The molecule has 0 aliphatic carbocycles. The van der Waals surface area contributed by atoms with Crippen molar-refractivity contribution in [2.75, 3.05) is 119 Å². The summed E-state index contributed by atoms with van der Waals surface area (Å²) in [6.45, 7) is 7.88. The molecule has 0 atom stereocenters. The van der Waals surface area contributed by atoms with Gasteiger partial charge in [0.15, 0.2) is 0 Å². The number of nitrogens with zero attached hydrogens (tertiary/aromatic N) is 2. The Labute approximate surface area is 225 Å². The molecule has 0 spiro atoms. The summed E-state index contributed by atoms with van der Waals surface area (Å²) in [5, 5.41) is 1.38. The second kappa shape index (κ2) is 27.9. The van der Waals surface area contributed by atoms with E-state index in [-0.39, 0.29) is 12.5 Å². The quantitative estimate of drug-likeness (QED) is 0.0329. The van der Waals surface area contributed by atoms with Gasteiger partial charge in [0, 0.05) is 31.6 Å². The highest BCUT2D eigenvalue weighted by Gasteiger charge is 2.06. The number of allylic oxidation sites excluding steroid dienone is 1. The Bertz CT molecular complexity index is 626. The van der Waals surface area contributed by atoms with E-state index in [1.165, 1.54) is 22.2 Å². The standard InChI is InChI=1S/C24H47N5O9/c1-28(24(31)3-2-6-30)21-23(26)22-29(27)5-8-33-10-12-35-14-16-37-18-20-38-19-17-36-15-13-34-11-9-32-7-4-25/h2-3,6,22H,4-5,7-21,25-27H2,1H3/b3-2-,23-22-. The van der Waals surface area contributed by atoms with Crippen LogP contribution in [0.4, 0.5) is 0 Å². The zero-order valence-corrected chi connectivity index (χ0v) is 22.6. The molecule has 0 aromatic carbocycles. The minimum Gasteiger partial charge on any atom is -0.399 e. The molecule has 0 saturated carbocycles. The monoisotopic (exact) mass is 549 g/mol. The van der Waals surface area contributed by atoms with Gasteiger partial charge in [0.25, 0.3) is 0 Å². The second-order valence-electron chi connectivity index (χ2n) is 7.71. The molecule has 14 nitrogen and oxygen atoms in total. The summed E-state index contributed by atoms with van der Waals surface area (Å²) in [5.74, 6) is 5.52. The lowest BCUT2D eigenvalue weighted by molar-refractivity contribution is -0.124. The zero-order valence-electron chi connectivity index (χ0n) is 22.6. The fraction of sp³-hybridized carbons (Fsp3) is 0.750. The first-order valence-electron chi connectivity index (χ1n) is 12.6. The van der Waals surface area contributed by atoms with E-state index >= 15 is 0 Å². The van der Waals surface area contributed by atoms with E-state index in [0.29, 0.717) is 118 Å². The number of aldehydes is 1. The molecule has 0 aromatic rings. The second-order valence-corrected chi connectivity index (χ2v) is 7.71. The van der Waals surface area contributed by atoms with Crippen molar-refractivity contribution in [2.45, 2.75) is 0 Å². The van der Waals surface area contributed by atoms with Crippen LogP contribution in [0.3, 0.4) is 0 Å². The molecule has 222 valence electrons. The van der Waals surface area contributed by atoms with Crippen molar-refractivity contribution >= 4 is 12.2 Å². The van der Waals surface area contributed by atoms with Crippen LogP contribution in [0.15, 0.2) is 24.0 Å². The third-order valence-corrected chi connectivity index (χ3v) is 4.43. The van der Waals surface area contributed by atoms with Crippen molar-refractivity contribution in [3.63, 3.8) is 0 Å². The van der Waals surface area contributed by atoms with Crippen LogP contribution in [0.1, 0.15) is 0 Å². The third-order valence-electron chi connectivity index (χ3n) is 4.43. The molecule has 0 aliphatic heterocycles. The van der Waals surface area contributed by atoms with Crippen LogP contribution in [0.2, 0.25) is 0 Å². The zero-order chi connectivity index (χ0) is 28.1. The Kier molecular flexibility index (Phi) is 26.3. The Morgan fingerprint density at radius 3 is 1.50 bits per heavy atom. The molecule has 0 unspecified atom stereocenters.